The molecule has 90 valence electrons. The molecule has 3 nitrogen and oxygen atoms in total. The van der Waals surface area contributed by atoms with Crippen LogP contribution in [0.3, 0.4) is 0 Å². The van der Waals surface area contributed by atoms with Crippen LogP contribution < -0.4 is 0 Å². The van der Waals surface area contributed by atoms with Gasteiger partial charge in [0.1, 0.15) is 6.10 Å². The summed E-state index contributed by atoms with van der Waals surface area (Å²) >= 11 is 0. The van der Waals surface area contributed by atoms with E-state index in [1.165, 1.54) is 0 Å². The maximum atomic E-state index is 11.5. The number of esters is 1. The van der Waals surface area contributed by atoms with E-state index in [0.29, 0.717) is 0 Å². The maximum Gasteiger partial charge on any atom is 0.308 e. The van der Waals surface area contributed by atoms with Gasteiger partial charge in [0.25, 0.3) is 0 Å². The molecule has 0 aromatic rings. The van der Waals surface area contributed by atoms with E-state index >= 15 is 0 Å². The molecule has 0 spiro atoms. The first kappa shape index (κ1) is 14.4. The van der Waals surface area contributed by atoms with Crippen LogP contribution in [-0.4, -0.2) is 23.8 Å². The Balaban J connectivity index is 4.60. The van der Waals surface area contributed by atoms with E-state index in [1.807, 2.05) is 41.5 Å². The Labute approximate surface area is 92.8 Å². The van der Waals surface area contributed by atoms with Crippen molar-refractivity contribution in [1.29, 1.82) is 0 Å². The van der Waals surface area contributed by atoms with Gasteiger partial charge in [-0.3, -0.25) is 4.79 Å². The zero-order valence-corrected chi connectivity index (χ0v) is 10.7. The average Bonchev–Trinajstić information content (AvgIpc) is 2.10. The molecule has 0 aromatic heterocycles. The fraction of sp³-hybridized carbons (Fsp3) is 0.917. The Morgan fingerprint density at radius 3 is 2.00 bits per heavy atom. The van der Waals surface area contributed by atoms with Crippen LogP contribution in [-0.2, 0) is 9.53 Å². The van der Waals surface area contributed by atoms with Crippen LogP contribution in [0, 0.1) is 17.3 Å². The molecule has 0 rings (SSSR count). The van der Waals surface area contributed by atoms with Crippen molar-refractivity contribution < 1.29 is 14.6 Å². The van der Waals surface area contributed by atoms with Gasteiger partial charge in [-0.2, -0.15) is 0 Å². The van der Waals surface area contributed by atoms with E-state index in [0.717, 1.165) is 0 Å². The van der Waals surface area contributed by atoms with Gasteiger partial charge >= 0.3 is 5.97 Å². The molecular weight excluding hydrogens is 192 g/mol. The lowest BCUT2D eigenvalue weighted by Crippen LogP contribution is -2.39. The van der Waals surface area contributed by atoms with Gasteiger partial charge in [-0.25, -0.2) is 0 Å². The Bertz CT molecular complexity index is 203. The highest BCUT2D eigenvalue weighted by atomic mass is 16.5. The molecule has 0 aromatic carbocycles. The molecule has 0 aliphatic rings. The molecule has 1 N–H and O–H groups in total. The highest BCUT2D eigenvalue weighted by Gasteiger charge is 2.33. The third-order valence-electron chi connectivity index (χ3n) is 2.37. The van der Waals surface area contributed by atoms with Crippen molar-refractivity contribution in [3.63, 3.8) is 0 Å². The number of hydrogen-bond donors (Lipinski definition) is 1. The summed E-state index contributed by atoms with van der Waals surface area (Å²) in [6.45, 7) is 11.6. The molecule has 0 aliphatic heterocycles. The predicted molar refractivity (Wildman–Crippen MR) is 60.4 cm³/mol. The van der Waals surface area contributed by atoms with Crippen molar-refractivity contribution in [2.75, 3.05) is 6.61 Å². The number of carbonyl (C=O) groups is 1. The molecule has 15 heavy (non-hydrogen) atoms. The van der Waals surface area contributed by atoms with E-state index in [2.05, 4.69) is 0 Å². The van der Waals surface area contributed by atoms with Crippen molar-refractivity contribution in [3.05, 3.63) is 0 Å². The van der Waals surface area contributed by atoms with Gasteiger partial charge in [0.05, 0.1) is 5.92 Å². The number of carbonyl (C=O) groups excluding carboxylic acids is 1. The van der Waals surface area contributed by atoms with Gasteiger partial charge in [0.15, 0.2) is 0 Å². The van der Waals surface area contributed by atoms with Gasteiger partial charge in [-0.05, 0) is 5.41 Å². The molecule has 0 saturated carbocycles. The Morgan fingerprint density at radius 2 is 1.73 bits per heavy atom. The molecule has 0 saturated heterocycles. The first-order valence-electron chi connectivity index (χ1n) is 5.51. The quantitative estimate of drug-likeness (QED) is 0.733. The Hall–Kier alpha value is -0.570. The largest absolute Gasteiger partial charge is 0.461 e. The normalized spacial score (nSPS) is 16.3. The van der Waals surface area contributed by atoms with Crippen LogP contribution in [0.5, 0.6) is 0 Å². The van der Waals surface area contributed by atoms with Gasteiger partial charge in [-0.1, -0.05) is 41.5 Å². The van der Waals surface area contributed by atoms with Crippen LogP contribution in [0.1, 0.15) is 41.5 Å². The summed E-state index contributed by atoms with van der Waals surface area (Å²) < 4.78 is 5.43. The fourth-order valence-electron chi connectivity index (χ4n) is 1.50. The molecule has 0 amide bonds. The second kappa shape index (κ2) is 5.50. The number of aliphatic hydroxyl groups is 1. The summed E-state index contributed by atoms with van der Waals surface area (Å²) in [4.78, 5) is 11.5. The first-order valence-corrected chi connectivity index (χ1v) is 5.51. The molecule has 0 heterocycles. The lowest BCUT2D eigenvalue weighted by Gasteiger charge is -2.34. The van der Waals surface area contributed by atoms with E-state index in [1.54, 1.807) is 0 Å². The zero-order valence-electron chi connectivity index (χ0n) is 10.7. The highest BCUT2D eigenvalue weighted by molar-refractivity contribution is 5.71. The number of aliphatic hydroxyl groups excluding tert-OH is 1. The minimum atomic E-state index is -0.239. The van der Waals surface area contributed by atoms with E-state index < -0.39 is 0 Å². The standard InChI is InChI=1S/C12H24O3/c1-8(2)11(14)15-10(9(3)7-13)12(4,5)6/h8-10,13H,7H2,1-6H3/t9-,10+/m1/s1. The van der Waals surface area contributed by atoms with Crippen molar-refractivity contribution >= 4 is 5.97 Å². The summed E-state index contributed by atoms with van der Waals surface area (Å²) in [5.74, 6) is -0.358. The second-order valence-electron chi connectivity index (χ2n) is 5.54. The first-order chi connectivity index (χ1) is 6.70. The van der Waals surface area contributed by atoms with Crippen molar-refractivity contribution in [2.24, 2.45) is 17.3 Å². The van der Waals surface area contributed by atoms with Gasteiger partial charge in [0, 0.05) is 12.5 Å². The predicted octanol–water partition coefficient (Wildman–Crippen LogP) is 2.23. The van der Waals surface area contributed by atoms with Crippen LogP contribution in [0.25, 0.3) is 0 Å². The summed E-state index contributed by atoms with van der Waals surface area (Å²) in [7, 11) is 0. The molecule has 3 heteroatoms. The lowest BCUT2D eigenvalue weighted by molar-refractivity contribution is -0.163. The molecule has 0 bridgehead atoms. The Kier molecular flexibility index (Phi) is 5.29. The van der Waals surface area contributed by atoms with Crippen LogP contribution in [0.15, 0.2) is 0 Å². The molecule has 0 aliphatic carbocycles. The van der Waals surface area contributed by atoms with Gasteiger partial charge < -0.3 is 9.84 Å². The van der Waals surface area contributed by atoms with E-state index in [9.17, 15) is 4.79 Å². The van der Waals surface area contributed by atoms with E-state index in [-0.39, 0.29) is 35.9 Å². The maximum absolute atomic E-state index is 11.5. The smallest absolute Gasteiger partial charge is 0.308 e. The lowest BCUT2D eigenvalue weighted by atomic mass is 9.82. The van der Waals surface area contributed by atoms with Crippen molar-refractivity contribution in [3.8, 4) is 0 Å². The molecule has 0 unspecified atom stereocenters. The molecule has 0 radical (unpaired) electrons. The van der Waals surface area contributed by atoms with Crippen LogP contribution in [0.2, 0.25) is 0 Å². The summed E-state index contributed by atoms with van der Waals surface area (Å²) in [6.07, 6.45) is -0.239. The molecule has 0 fully saturated rings. The highest BCUT2D eigenvalue weighted by Crippen LogP contribution is 2.28. The number of rotatable bonds is 4. The van der Waals surface area contributed by atoms with Crippen LogP contribution >= 0.6 is 0 Å². The van der Waals surface area contributed by atoms with Gasteiger partial charge in [-0.15, -0.1) is 0 Å². The van der Waals surface area contributed by atoms with E-state index in [4.69, 9.17) is 9.84 Å². The fourth-order valence-corrected chi connectivity index (χ4v) is 1.50. The van der Waals surface area contributed by atoms with Gasteiger partial charge in [0.2, 0.25) is 0 Å². The van der Waals surface area contributed by atoms with Crippen molar-refractivity contribution in [1.82, 2.24) is 0 Å². The SMILES string of the molecule is CC(C)C(=O)O[C@@H]([C@H](C)CO)C(C)(C)C. The molecule has 2 atom stereocenters. The number of hydrogen-bond acceptors (Lipinski definition) is 3. The monoisotopic (exact) mass is 216 g/mol. The number of ether oxygens (including phenoxy) is 1. The topological polar surface area (TPSA) is 46.5 Å². The zero-order chi connectivity index (χ0) is 12.2. The third kappa shape index (κ3) is 4.65. The Morgan fingerprint density at radius 1 is 1.27 bits per heavy atom. The minimum Gasteiger partial charge on any atom is -0.461 e. The minimum absolute atomic E-state index is 0.0345. The average molecular weight is 216 g/mol. The second-order valence-corrected chi connectivity index (χ2v) is 5.54. The van der Waals surface area contributed by atoms with Crippen LogP contribution in [0.4, 0.5) is 0 Å². The summed E-state index contributed by atoms with van der Waals surface area (Å²) in [5, 5.41) is 9.13. The van der Waals surface area contributed by atoms with Crippen molar-refractivity contribution in [2.45, 2.75) is 47.6 Å². The molecular formula is C12H24O3. The summed E-state index contributed by atoms with van der Waals surface area (Å²) in [6, 6.07) is 0. The summed E-state index contributed by atoms with van der Waals surface area (Å²) in [5.41, 5.74) is -0.146. The third-order valence-corrected chi connectivity index (χ3v) is 2.37.